The van der Waals surface area contributed by atoms with Crippen molar-refractivity contribution in [3.8, 4) is 5.75 Å². The zero-order valence-electron chi connectivity index (χ0n) is 12.4. The minimum atomic E-state index is -0.335. The van der Waals surface area contributed by atoms with Crippen LogP contribution in [0, 0.1) is 5.92 Å². The second kappa shape index (κ2) is 7.98. The minimum absolute atomic E-state index is 0. The normalized spacial score (nSPS) is 15.5. The van der Waals surface area contributed by atoms with Gasteiger partial charge in [-0.2, -0.15) is 0 Å². The van der Waals surface area contributed by atoms with Crippen LogP contribution in [0.5, 0.6) is 5.75 Å². The zero-order chi connectivity index (χ0) is 13.8. The van der Waals surface area contributed by atoms with Gasteiger partial charge in [0.05, 0.1) is 12.0 Å². The van der Waals surface area contributed by atoms with Crippen LogP contribution in [0.4, 0.5) is 0 Å². The van der Waals surface area contributed by atoms with Crippen LogP contribution in [0.15, 0.2) is 24.3 Å². The zero-order valence-corrected chi connectivity index (χ0v) is 14.0. The molecule has 0 saturated heterocycles. The van der Waals surface area contributed by atoms with E-state index in [4.69, 9.17) is 16.3 Å². The fourth-order valence-electron chi connectivity index (χ4n) is 2.41. The third-order valence-electron chi connectivity index (χ3n) is 3.48. The van der Waals surface area contributed by atoms with E-state index in [1.807, 2.05) is 18.2 Å². The highest BCUT2D eigenvalue weighted by atomic mass is 35.5. The molecule has 0 aliphatic carbocycles. The predicted octanol–water partition coefficient (Wildman–Crippen LogP) is 4.16. The number of benzene rings is 1. The highest BCUT2D eigenvalue weighted by Crippen LogP contribution is 2.41. The molecule has 2 atom stereocenters. The van der Waals surface area contributed by atoms with Crippen LogP contribution in [0.3, 0.4) is 0 Å². The smallest absolute Gasteiger partial charge is 0.119 e. The third kappa shape index (κ3) is 4.55. The molecule has 0 saturated carbocycles. The van der Waals surface area contributed by atoms with Gasteiger partial charge in [0.15, 0.2) is 0 Å². The van der Waals surface area contributed by atoms with Gasteiger partial charge in [0.1, 0.15) is 5.75 Å². The number of ether oxygens (including phenoxy) is 1. The van der Waals surface area contributed by atoms with Gasteiger partial charge in [0.25, 0.3) is 0 Å². The van der Waals surface area contributed by atoms with Gasteiger partial charge in [0.2, 0.25) is 0 Å². The van der Waals surface area contributed by atoms with Crippen LogP contribution in [0.25, 0.3) is 0 Å². The predicted molar refractivity (Wildman–Crippen MR) is 85.8 cm³/mol. The van der Waals surface area contributed by atoms with Gasteiger partial charge >= 0.3 is 0 Å². The molecule has 1 unspecified atom stereocenters. The number of methoxy groups -OCH3 is 1. The molecule has 0 heterocycles. The highest BCUT2D eigenvalue weighted by Gasteiger charge is 2.34. The third-order valence-corrected chi connectivity index (χ3v) is 4.34. The van der Waals surface area contributed by atoms with Crippen molar-refractivity contribution in [1.29, 1.82) is 0 Å². The Morgan fingerprint density at radius 2 is 2.00 bits per heavy atom. The first-order valence-corrected chi connectivity index (χ1v) is 6.80. The molecule has 110 valence electrons. The molecule has 0 aliphatic rings. The molecule has 4 heteroatoms. The lowest BCUT2D eigenvalue weighted by atomic mass is 9.83. The van der Waals surface area contributed by atoms with E-state index < -0.39 is 0 Å². The van der Waals surface area contributed by atoms with Crippen molar-refractivity contribution in [3.63, 3.8) is 0 Å². The standard InChI is InChI=1S/C15H24ClNO.ClH/c1-6-15(16,12(2)11-17(3)4)13-8-7-9-14(10-13)18-5;/h7-10,12H,6,11H2,1-5H3;1H/t12-,15?;/m0./s1. The fourth-order valence-corrected chi connectivity index (χ4v) is 2.60. The van der Waals surface area contributed by atoms with Crippen molar-refractivity contribution in [2.75, 3.05) is 27.7 Å². The van der Waals surface area contributed by atoms with Crippen molar-refractivity contribution < 1.29 is 4.74 Å². The monoisotopic (exact) mass is 305 g/mol. The average molecular weight is 306 g/mol. The molecule has 0 fully saturated rings. The maximum absolute atomic E-state index is 6.89. The van der Waals surface area contributed by atoms with Crippen LogP contribution in [0.1, 0.15) is 25.8 Å². The first-order chi connectivity index (χ1) is 8.43. The van der Waals surface area contributed by atoms with Gasteiger partial charge in [0, 0.05) is 6.54 Å². The SMILES string of the molecule is CCC(Cl)(c1cccc(OC)c1)[C@@H](C)CN(C)C.Cl. The van der Waals surface area contributed by atoms with E-state index in [2.05, 4.69) is 38.9 Å². The summed E-state index contributed by atoms with van der Waals surface area (Å²) in [6.45, 7) is 5.31. The summed E-state index contributed by atoms with van der Waals surface area (Å²) in [5.41, 5.74) is 1.14. The van der Waals surface area contributed by atoms with E-state index in [0.717, 1.165) is 24.3 Å². The lowest BCUT2D eigenvalue weighted by Gasteiger charge is -2.34. The summed E-state index contributed by atoms with van der Waals surface area (Å²) in [7, 11) is 5.84. The topological polar surface area (TPSA) is 12.5 Å². The first-order valence-electron chi connectivity index (χ1n) is 6.42. The molecule has 0 radical (unpaired) electrons. The largest absolute Gasteiger partial charge is 0.497 e. The molecule has 0 N–H and O–H groups in total. The highest BCUT2D eigenvalue weighted by molar-refractivity contribution is 6.24. The van der Waals surface area contributed by atoms with E-state index in [1.165, 1.54) is 0 Å². The molecule has 0 amide bonds. The molecule has 0 aliphatic heterocycles. The molecule has 1 rings (SSSR count). The quantitative estimate of drug-likeness (QED) is 0.732. The number of hydrogen-bond acceptors (Lipinski definition) is 2. The van der Waals surface area contributed by atoms with Crippen LogP contribution < -0.4 is 4.74 Å². The van der Waals surface area contributed by atoms with Crippen molar-refractivity contribution >= 4 is 24.0 Å². The molecule has 1 aromatic carbocycles. The van der Waals surface area contributed by atoms with Crippen LogP contribution in [0.2, 0.25) is 0 Å². The van der Waals surface area contributed by atoms with Gasteiger partial charge in [-0.1, -0.05) is 26.0 Å². The van der Waals surface area contributed by atoms with Crippen LogP contribution in [-0.2, 0) is 4.87 Å². The van der Waals surface area contributed by atoms with Crippen molar-refractivity contribution in [2.24, 2.45) is 5.92 Å². The Kier molecular flexibility index (Phi) is 7.80. The van der Waals surface area contributed by atoms with Gasteiger partial charge in [-0.3, -0.25) is 0 Å². The number of alkyl halides is 1. The summed E-state index contributed by atoms with van der Waals surface area (Å²) >= 11 is 6.89. The lowest BCUT2D eigenvalue weighted by molar-refractivity contribution is 0.278. The van der Waals surface area contributed by atoms with Crippen LogP contribution >= 0.6 is 24.0 Å². The second-order valence-corrected chi connectivity index (χ2v) is 5.79. The Morgan fingerprint density at radius 3 is 2.47 bits per heavy atom. The second-order valence-electron chi connectivity index (χ2n) is 5.11. The summed E-state index contributed by atoms with van der Waals surface area (Å²) in [5, 5.41) is 0. The Morgan fingerprint density at radius 1 is 1.37 bits per heavy atom. The van der Waals surface area contributed by atoms with E-state index >= 15 is 0 Å². The van der Waals surface area contributed by atoms with E-state index in [-0.39, 0.29) is 17.3 Å². The molecular weight excluding hydrogens is 281 g/mol. The van der Waals surface area contributed by atoms with Crippen LogP contribution in [-0.4, -0.2) is 32.6 Å². The Balaban J connectivity index is 0.00000324. The number of rotatable bonds is 6. The molecule has 19 heavy (non-hydrogen) atoms. The van der Waals surface area contributed by atoms with Gasteiger partial charge in [-0.15, -0.1) is 24.0 Å². The Hall–Kier alpha value is -0.440. The van der Waals surface area contributed by atoms with Gasteiger partial charge < -0.3 is 9.64 Å². The lowest BCUT2D eigenvalue weighted by Crippen LogP contribution is -2.34. The summed E-state index contributed by atoms with van der Waals surface area (Å²) in [6.07, 6.45) is 0.900. The van der Waals surface area contributed by atoms with Gasteiger partial charge in [-0.25, -0.2) is 0 Å². The van der Waals surface area contributed by atoms with Gasteiger partial charge in [-0.05, 0) is 44.1 Å². The number of halogens is 2. The number of hydrogen-bond donors (Lipinski definition) is 0. The van der Waals surface area contributed by atoms with E-state index in [9.17, 15) is 0 Å². The minimum Gasteiger partial charge on any atom is -0.497 e. The number of nitrogens with zero attached hydrogens (tertiary/aromatic N) is 1. The molecule has 0 spiro atoms. The Labute approximate surface area is 128 Å². The molecular formula is C15H25Cl2NO. The molecule has 0 bridgehead atoms. The first kappa shape index (κ1) is 18.6. The fraction of sp³-hybridized carbons (Fsp3) is 0.600. The molecule has 0 aromatic heterocycles. The van der Waals surface area contributed by atoms with Crippen molar-refractivity contribution in [3.05, 3.63) is 29.8 Å². The average Bonchev–Trinajstić information content (AvgIpc) is 2.37. The Bertz CT molecular complexity index is 384. The maximum atomic E-state index is 6.89. The molecule has 2 nitrogen and oxygen atoms in total. The maximum Gasteiger partial charge on any atom is 0.119 e. The summed E-state index contributed by atoms with van der Waals surface area (Å²) < 4.78 is 5.29. The summed E-state index contributed by atoms with van der Waals surface area (Å²) in [4.78, 5) is 1.84. The van der Waals surface area contributed by atoms with Crippen molar-refractivity contribution in [1.82, 2.24) is 4.90 Å². The summed E-state index contributed by atoms with van der Waals surface area (Å²) in [5.74, 6) is 1.23. The van der Waals surface area contributed by atoms with Crippen molar-refractivity contribution in [2.45, 2.75) is 25.1 Å². The van der Waals surface area contributed by atoms with E-state index in [0.29, 0.717) is 5.92 Å². The molecule has 1 aromatic rings. The van der Waals surface area contributed by atoms with E-state index in [1.54, 1.807) is 7.11 Å². The summed E-state index contributed by atoms with van der Waals surface area (Å²) in [6, 6.07) is 8.09.